The van der Waals surface area contributed by atoms with Gasteiger partial charge in [-0.25, -0.2) is 12.8 Å². The second kappa shape index (κ2) is 8.81. The number of rotatable bonds is 5. The van der Waals surface area contributed by atoms with Crippen LogP contribution in [0, 0.1) is 19.7 Å². The maximum absolute atomic E-state index is 13.4. The molecule has 0 radical (unpaired) electrons. The highest BCUT2D eigenvalue weighted by Gasteiger charge is 2.31. The number of benzene rings is 3. The molecule has 30 heavy (non-hydrogen) atoms. The van der Waals surface area contributed by atoms with Crippen molar-refractivity contribution in [3.8, 4) is 0 Å². The van der Waals surface area contributed by atoms with E-state index in [0.717, 1.165) is 15.9 Å². The Labute approximate surface area is 180 Å². The number of hydrogen-bond donors (Lipinski definition) is 0. The van der Waals surface area contributed by atoms with Crippen molar-refractivity contribution < 1.29 is 17.6 Å². The van der Waals surface area contributed by atoms with E-state index in [1.807, 2.05) is 13.0 Å². The first-order chi connectivity index (χ1) is 14.2. The van der Waals surface area contributed by atoms with E-state index in [2.05, 4.69) is 0 Å². The minimum absolute atomic E-state index is 0.0589. The average Bonchev–Trinajstić information content (AvgIpc) is 2.70. The number of carbonyl (C=O) groups excluding carboxylic acids is 1. The predicted molar refractivity (Wildman–Crippen MR) is 117 cm³/mol. The highest BCUT2D eigenvalue weighted by atomic mass is 35.5. The molecule has 3 aromatic rings. The topological polar surface area (TPSA) is 54.5 Å². The molecule has 0 saturated heterocycles. The molecule has 3 rings (SSSR count). The van der Waals surface area contributed by atoms with Crippen molar-refractivity contribution in [3.05, 3.63) is 100 Å². The second-order valence-electron chi connectivity index (χ2n) is 6.74. The Morgan fingerprint density at radius 1 is 0.967 bits per heavy atom. The van der Waals surface area contributed by atoms with Crippen molar-refractivity contribution >= 4 is 39.3 Å². The van der Waals surface area contributed by atoms with Gasteiger partial charge in [-0.15, -0.1) is 0 Å². The molecule has 0 heterocycles. The monoisotopic (exact) mass is 443 g/mol. The van der Waals surface area contributed by atoms with E-state index in [4.69, 9.17) is 11.6 Å². The fraction of sp³-hybridized carbons (Fsp3) is 0.0870. The molecule has 0 N–H and O–H groups in total. The summed E-state index contributed by atoms with van der Waals surface area (Å²) >= 11 is 5.88. The first kappa shape index (κ1) is 21.7. The Morgan fingerprint density at radius 2 is 1.60 bits per heavy atom. The maximum atomic E-state index is 13.4. The first-order valence-corrected chi connectivity index (χ1v) is 10.9. The summed E-state index contributed by atoms with van der Waals surface area (Å²) in [6.45, 7) is 3.55. The highest BCUT2D eigenvalue weighted by molar-refractivity contribution is 7.93. The van der Waals surface area contributed by atoms with Crippen molar-refractivity contribution in [1.82, 2.24) is 0 Å². The smallest absolute Gasteiger partial charge is 0.268 e. The van der Waals surface area contributed by atoms with Gasteiger partial charge in [0, 0.05) is 11.1 Å². The Kier molecular flexibility index (Phi) is 6.39. The minimum atomic E-state index is -4.21. The lowest BCUT2D eigenvalue weighted by molar-refractivity contribution is -0.113. The summed E-state index contributed by atoms with van der Waals surface area (Å²) in [7, 11) is -4.21. The van der Waals surface area contributed by atoms with Gasteiger partial charge >= 0.3 is 0 Å². The second-order valence-corrected chi connectivity index (χ2v) is 8.96. The molecule has 0 aromatic heterocycles. The first-order valence-electron chi connectivity index (χ1n) is 9.04. The highest BCUT2D eigenvalue weighted by Crippen LogP contribution is 2.29. The predicted octanol–water partition coefficient (Wildman–Crippen LogP) is 5.53. The average molecular weight is 444 g/mol. The number of halogens is 2. The van der Waals surface area contributed by atoms with E-state index in [9.17, 15) is 17.6 Å². The van der Waals surface area contributed by atoms with E-state index >= 15 is 0 Å². The van der Waals surface area contributed by atoms with Crippen LogP contribution in [0.3, 0.4) is 0 Å². The molecule has 0 unspecified atom stereocenters. The van der Waals surface area contributed by atoms with Crippen LogP contribution in [0.4, 0.5) is 10.1 Å². The van der Waals surface area contributed by atoms with Gasteiger partial charge in [-0.2, -0.15) is 4.31 Å². The molecule has 0 aliphatic heterocycles. The van der Waals surface area contributed by atoms with Gasteiger partial charge in [0.05, 0.1) is 10.6 Å². The third kappa shape index (κ3) is 4.78. The number of hydrogen-bond acceptors (Lipinski definition) is 3. The Hall–Kier alpha value is -2.96. The van der Waals surface area contributed by atoms with Crippen LogP contribution >= 0.6 is 11.6 Å². The van der Waals surface area contributed by atoms with E-state index in [1.165, 1.54) is 54.6 Å². The molecule has 3 aromatic carbocycles. The third-order valence-electron chi connectivity index (χ3n) is 4.42. The Morgan fingerprint density at radius 3 is 2.23 bits per heavy atom. The molecule has 0 spiro atoms. The van der Waals surface area contributed by atoms with Gasteiger partial charge in [-0.05, 0) is 79.1 Å². The van der Waals surface area contributed by atoms with Crippen molar-refractivity contribution in [1.29, 1.82) is 0 Å². The number of nitrogens with zero attached hydrogens (tertiary/aromatic N) is 1. The molecule has 0 saturated carbocycles. The summed E-state index contributed by atoms with van der Waals surface area (Å²) in [5.41, 5.74) is 2.26. The molecule has 7 heteroatoms. The molecule has 0 bridgehead atoms. The van der Waals surface area contributed by atoms with Gasteiger partial charge < -0.3 is 0 Å². The number of sulfonamides is 1. The zero-order valence-corrected chi connectivity index (χ0v) is 17.9. The number of aryl methyl sites for hydroxylation is 2. The van der Waals surface area contributed by atoms with Crippen LogP contribution in [0.15, 0.2) is 77.7 Å². The van der Waals surface area contributed by atoms with E-state index in [-0.39, 0.29) is 10.6 Å². The fourth-order valence-corrected chi connectivity index (χ4v) is 4.40. The quantitative estimate of drug-likeness (QED) is 0.487. The van der Waals surface area contributed by atoms with Crippen LogP contribution in [0.1, 0.15) is 16.7 Å². The van der Waals surface area contributed by atoms with Crippen molar-refractivity contribution in [2.45, 2.75) is 18.7 Å². The zero-order chi connectivity index (χ0) is 21.9. The third-order valence-corrected chi connectivity index (χ3v) is 6.40. The summed E-state index contributed by atoms with van der Waals surface area (Å²) in [6.07, 6.45) is 2.60. The molecule has 0 aliphatic carbocycles. The fourth-order valence-electron chi connectivity index (χ4n) is 2.83. The summed E-state index contributed by atoms with van der Waals surface area (Å²) in [5, 5.41) is 0.384. The van der Waals surface area contributed by atoms with Crippen LogP contribution in [0.5, 0.6) is 0 Å². The standard InChI is InChI=1S/C23H19ClFNO3S/c1-16-3-4-17(2)22(15-16)26(30(28,29)21-12-8-19(24)9-13-21)23(27)14-7-18-5-10-20(25)11-6-18/h3-15H,1-2H3/b14-7+. The van der Waals surface area contributed by atoms with Crippen LogP contribution < -0.4 is 4.31 Å². The molecule has 0 fully saturated rings. The van der Waals surface area contributed by atoms with Gasteiger partial charge in [0.1, 0.15) is 5.82 Å². The number of amides is 1. The lowest BCUT2D eigenvalue weighted by atomic mass is 10.1. The molecule has 4 nitrogen and oxygen atoms in total. The van der Waals surface area contributed by atoms with Gasteiger partial charge in [-0.3, -0.25) is 4.79 Å². The summed E-state index contributed by atoms with van der Waals surface area (Å²) in [5.74, 6) is -1.15. The lowest BCUT2D eigenvalue weighted by Gasteiger charge is -2.23. The van der Waals surface area contributed by atoms with Gasteiger partial charge in [0.15, 0.2) is 0 Å². The van der Waals surface area contributed by atoms with E-state index in [0.29, 0.717) is 16.1 Å². The summed E-state index contributed by atoms with van der Waals surface area (Å²) < 4.78 is 40.6. The molecular formula is C23H19ClFNO3S. The Bertz CT molecular complexity index is 1200. The molecule has 1 amide bonds. The normalized spacial score (nSPS) is 11.6. The van der Waals surface area contributed by atoms with Gasteiger partial charge in [0.2, 0.25) is 0 Å². The van der Waals surface area contributed by atoms with Gasteiger partial charge in [0.25, 0.3) is 15.9 Å². The van der Waals surface area contributed by atoms with E-state index < -0.39 is 21.7 Å². The molecule has 0 aliphatic rings. The lowest BCUT2D eigenvalue weighted by Crippen LogP contribution is -2.36. The van der Waals surface area contributed by atoms with Crippen LogP contribution in [0.2, 0.25) is 5.02 Å². The Balaban J connectivity index is 2.09. The summed E-state index contributed by atoms with van der Waals surface area (Å²) in [6, 6.07) is 16.4. The number of anilines is 1. The van der Waals surface area contributed by atoms with Crippen LogP contribution in [-0.4, -0.2) is 14.3 Å². The van der Waals surface area contributed by atoms with Gasteiger partial charge in [-0.1, -0.05) is 35.9 Å². The maximum Gasteiger partial charge on any atom is 0.271 e. The minimum Gasteiger partial charge on any atom is -0.268 e. The number of carbonyl (C=O) groups is 1. The molecular weight excluding hydrogens is 425 g/mol. The SMILES string of the molecule is Cc1ccc(C)c(N(C(=O)/C=C/c2ccc(F)cc2)S(=O)(=O)c2ccc(Cl)cc2)c1. The largest absolute Gasteiger partial charge is 0.271 e. The van der Waals surface area contributed by atoms with Crippen LogP contribution in [-0.2, 0) is 14.8 Å². The van der Waals surface area contributed by atoms with Crippen molar-refractivity contribution in [2.24, 2.45) is 0 Å². The molecule has 0 atom stereocenters. The van der Waals surface area contributed by atoms with E-state index in [1.54, 1.807) is 19.1 Å². The molecule has 154 valence electrons. The van der Waals surface area contributed by atoms with Crippen molar-refractivity contribution in [3.63, 3.8) is 0 Å². The zero-order valence-electron chi connectivity index (χ0n) is 16.3. The van der Waals surface area contributed by atoms with Crippen LogP contribution in [0.25, 0.3) is 6.08 Å². The van der Waals surface area contributed by atoms with Crippen molar-refractivity contribution in [2.75, 3.05) is 4.31 Å². The summed E-state index contributed by atoms with van der Waals surface area (Å²) in [4.78, 5) is 13.0.